The zero-order chi connectivity index (χ0) is 11.4. The second-order valence-corrected chi connectivity index (χ2v) is 4.53. The van der Waals surface area contributed by atoms with Crippen LogP contribution in [-0.2, 0) is 6.61 Å². The number of aliphatic hydroxyl groups excluding tert-OH is 1. The number of pyridine rings is 1. The molecule has 1 N–H and O–H groups in total. The van der Waals surface area contributed by atoms with Gasteiger partial charge >= 0.3 is 0 Å². The topological polar surface area (TPSA) is 36.4 Å². The molecule has 0 aromatic carbocycles. The predicted octanol–water partition coefficient (Wildman–Crippen LogP) is 2.20. The van der Waals surface area contributed by atoms with Crippen LogP contribution in [0, 0.1) is 5.92 Å². The summed E-state index contributed by atoms with van der Waals surface area (Å²) >= 11 is 0. The van der Waals surface area contributed by atoms with Crippen molar-refractivity contribution in [2.45, 2.75) is 32.8 Å². The third-order valence-corrected chi connectivity index (χ3v) is 3.49. The van der Waals surface area contributed by atoms with Gasteiger partial charge in [-0.15, -0.1) is 0 Å². The summed E-state index contributed by atoms with van der Waals surface area (Å²) < 4.78 is 0. The number of anilines is 1. The Balaban J connectivity index is 2.16. The lowest BCUT2D eigenvalue weighted by Crippen LogP contribution is -2.35. The van der Waals surface area contributed by atoms with Crippen LogP contribution in [-0.4, -0.2) is 23.2 Å². The van der Waals surface area contributed by atoms with Crippen LogP contribution in [0.3, 0.4) is 0 Å². The third kappa shape index (κ3) is 2.35. The zero-order valence-electron chi connectivity index (χ0n) is 9.89. The average molecular weight is 220 g/mol. The number of nitrogens with zero attached hydrogens (tertiary/aromatic N) is 2. The van der Waals surface area contributed by atoms with E-state index in [0.717, 1.165) is 30.3 Å². The molecule has 0 bridgehead atoms. The highest BCUT2D eigenvalue weighted by Gasteiger charge is 2.20. The first-order valence-corrected chi connectivity index (χ1v) is 6.13. The lowest BCUT2D eigenvalue weighted by Gasteiger charge is -2.35. The Morgan fingerprint density at radius 2 is 2.44 bits per heavy atom. The molecule has 2 heterocycles. The van der Waals surface area contributed by atoms with Gasteiger partial charge in [0, 0.05) is 36.7 Å². The summed E-state index contributed by atoms with van der Waals surface area (Å²) in [6, 6.07) is 2.02. The molecule has 1 aromatic rings. The summed E-state index contributed by atoms with van der Waals surface area (Å²) in [4.78, 5) is 6.46. The molecule has 88 valence electrons. The van der Waals surface area contributed by atoms with E-state index in [2.05, 4.69) is 16.8 Å². The van der Waals surface area contributed by atoms with E-state index in [4.69, 9.17) is 0 Å². The molecular weight excluding hydrogens is 200 g/mol. The van der Waals surface area contributed by atoms with Gasteiger partial charge in [0.1, 0.15) is 0 Å². The van der Waals surface area contributed by atoms with E-state index in [-0.39, 0.29) is 6.61 Å². The van der Waals surface area contributed by atoms with Gasteiger partial charge in [0.25, 0.3) is 0 Å². The number of hydrogen-bond acceptors (Lipinski definition) is 3. The molecule has 1 fully saturated rings. The highest BCUT2D eigenvalue weighted by atomic mass is 16.3. The molecule has 1 unspecified atom stereocenters. The number of aliphatic hydroxyl groups is 1. The molecule has 0 amide bonds. The molecule has 1 atom stereocenters. The smallest absolute Gasteiger partial charge is 0.0717 e. The summed E-state index contributed by atoms with van der Waals surface area (Å²) in [7, 11) is 0. The van der Waals surface area contributed by atoms with Crippen molar-refractivity contribution in [1.82, 2.24) is 4.98 Å². The Labute approximate surface area is 97.1 Å². The minimum absolute atomic E-state index is 0.0798. The third-order valence-electron chi connectivity index (χ3n) is 3.49. The SMILES string of the molecule is CCC1CCCN(c2ccncc2CO)C1. The normalized spacial score (nSPS) is 21.1. The summed E-state index contributed by atoms with van der Waals surface area (Å²) in [6.45, 7) is 4.56. The van der Waals surface area contributed by atoms with Crippen LogP contribution in [0.4, 0.5) is 5.69 Å². The molecule has 2 rings (SSSR count). The highest BCUT2D eigenvalue weighted by molar-refractivity contribution is 5.52. The van der Waals surface area contributed by atoms with Crippen LogP contribution in [0.25, 0.3) is 0 Å². The fourth-order valence-corrected chi connectivity index (χ4v) is 2.47. The summed E-state index contributed by atoms with van der Waals surface area (Å²) in [5.74, 6) is 0.799. The van der Waals surface area contributed by atoms with Crippen molar-refractivity contribution < 1.29 is 5.11 Å². The number of rotatable bonds is 3. The van der Waals surface area contributed by atoms with Gasteiger partial charge < -0.3 is 10.0 Å². The van der Waals surface area contributed by atoms with Gasteiger partial charge in [0.15, 0.2) is 0 Å². The van der Waals surface area contributed by atoms with E-state index < -0.39 is 0 Å². The lowest BCUT2D eigenvalue weighted by atomic mass is 9.95. The molecule has 0 saturated carbocycles. The van der Waals surface area contributed by atoms with Crippen LogP contribution >= 0.6 is 0 Å². The van der Waals surface area contributed by atoms with Gasteiger partial charge in [-0.2, -0.15) is 0 Å². The Morgan fingerprint density at radius 3 is 3.19 bits per heavy atom. The fourth-order valence-electron chi connectivity index (χ4n) is 2.47. The van der Waals surface area contributed by atoms with Gasteiger partial charge in [-0.3, -0.25) is 4.98 Å². The van der Waals surface area contributed by atoms with E-state index in [1.807, 2.05) is 12.3 Å². The Kier molecular flexibility index (Phi) is 3.78. The van der Waals surface area contributed by atoms with Gasteiger partial charge in [-0.1, -0.05) is 13.3 Å². The minimum Gasteiger partial charge on any atom is -0.392 e. The Hall–Kier alpha value is -1.09. The maximum absolute atomic E-state index is 9.31. The van der Waals surface area contributed by atoms with E-state index in [9.17, 15) is 5.11 Å². The van der Waals surface area contributed by atoms with Crippen molar-refractivity contribution in [1.29, 1.82) is 0 Å². The molecule has 1 aliphatic rings. The number of hydrogen-bond donors (Lipinski definition) is 1. The molecule has 1 aliphatic heterocycles. The second kappa shape index (κ2) is 5.30. The molecule has 3 nitrogen and oxygen atoms in total. The van der Waals surface area contributed by atoms with E-state index in [1.165, 1.54) is 19.3 Å². The standard InChI is InChI=1S/C13H20N2O/c1-2-11-4-3-7-15(9-11)13-5-6-14-8-12(13)10-16/h5-6,8,11,16H,2-4,7,9-10H2,1H3. The van der Waals surface area contributed by atoms with E-state index >= 15 is 0 Å². The first-order chi connectivity index (χ1) is 7.85. The zero-order valence-corrected chi connectivity index (χ0v) is 9.89. The van der Waals surface area contributed by atoms with Crippen LogP contribution in [0.2, 0.25) is 0 Å². The van der Waals surface area contributed by atoms with Gasteiger partial charge in [0.05, 0.1) is 6.61 Å². The Morgan fingerprint density at radius 1 is 1.56 bits per heavy atom. The van der Waals surface area contributed by atoms with Crippen molar-refractivity contribution in [2.75, 3.05) is 18.0 Å². The van der Waals surface area contributed by atoms with Crippen LogP contribution in [0.1, 0.15) is 31.7 Å². The molecule has 1 saturated heterocycles. The first kappa shape index (κ1) is 11.4. The van der Waals surface area contributed by atoms with Gasteiger partial charge in [0.2, 0.25) is 0 Å². The average Bonchev–Trinajstić information content (AvgIpc) is 2.38. The van der Waals surface area contributed by atoms with Crippen molar-refractivity contribution in [3.8, 4) is 0 Å². The number of piperidine rings is 1. The monoisotopic (exact) mass is 220 g/mol. The summed E-state index contributed by atoms with van der Waals surface area (Å²) in [5.41, 5.74) is 2.11. The van der Waals surface area contributed by atoms with Crippen LogP contribution in [0.15, 0.2) is 18.5 Å². The van der Waals surface area contributed by atoms with E-state index in [0.29, 0.717) is 0 Å². The maximum Gasteiger partial charge on any atom is 0.0717 e. The fraction of sp³-hybridized carbons (Fsp3) is 0.615. The van der Waals surface area contributed by atoms with Crippen LogP contribution in [0.5, 0.6) is 0 Å². The molecule has 0 spiro atoms. The predicted molar refractivity (Wildman–Crippen MR) is 65.4 cm³/mol. The Bertz CT molecular complexity index is 340. The largest absolute Gasteiger partial charge is 0.392 e. The van der Waals surface area contributed by atoms with Crippen molar-refractivity contribution in [2.24, 2.45) is 5.92 Å². The van der Waals surface area contributed by atoms with Crippen LogP contribution < -0.4 is 4.90 Å². The summed E-state index contributed by atoms with van der Waals surface area (Å²) in [5, 5.41) is 9.31. The first-order valence-electron chi connectivity index (χ1n) is 6.13. The maximum atomic E-state index is 9.31. The van der Waals surface area contributed by atoms with Crippen molar-refractivity contribution in [3.63, 3.8) is 0 Å². The van der Waals surface area contributed by atoms with Crippen molar-refractivity contribution >= 4 is 5.69 Å². The molecule has 3 heteroatoms. The molecule has 0 radical (unpaired) electrons. The lowest BCUT2D eigenvalue weighted by molar-refractivity contribution is 0.281. The van der Waals surface area contributed by atoms with Crippen molar-refractivity contribution in [3.05, 3.63) is 24.0 Å². The minimum atomic E-state index is 0.0798. The number of aromatic nitrogens is 1. The molecule has 16 heavy (non-hydrogen) atoms. The van der Waals surface area contributed by atoms with E-state index in [1.54, 1.807) is 6.20 Å². The molecule has 0 aliphatic carbocycles. The van der Waals surface area contributed by atoms with Gasteiger partial charge in [-0.25, -0.2) is 0 Å². The molecular formula is C13H20N2O. The van der Waals surface area contributed by atoms with Gasteiger partial charge in [-0.05, 0) is 24.8 Å². The highest BCUT2D eigenvalue weighted by Crippen LogP contribution is 2.26. The molecule has 1 aromatic heterocycles. The summed E-state index contributed by atoms with van der Waals surface area (Å²) in [6.07, 6.45) is 7.42. The quantitative estimate of drug-likeness (QED) is 0.848. The second-order valence-electron chi connectivity index (χ2n) is 4.53.